The van der Waals surface area contributed by atoms with E-state index in [0.29, 0.717) is 17.0 Å². The van der Waals surface area contributed by atoms with E-state index < -0.39 is 17.1 Å². The third-order valence-electron chi connectivity index (χ3n) is 3.54. The van der Waals surface area contributed by atoms with Crippen molar-refractivity contribution in [1.82, 2.24) is 9.88 Å². The molecular formula is C18H15N3O4S. The van der Waals surface area contributed by atoms with Crippen LogP contribution in [-0.4, -0.2) is 40.6 Å². The van der Waals surface area contributed by atoms with Gasteiger partial charge in [0, 0.05) is 12.4 Å². The molecule has 0 atom stereocenters. The Morgan fingerprint density at radius 3 is 2.81 bits per heavy atom. The van der Waals surface area contributed by atoms with Crippen LogP contribution in [0.4, 0.5) is 10.5 Å². The van der Waals surface area contributed by atoms with Crippen molar-refractivity contribution in [3.8, 4) is 5.75 Å². The number of hydrogen-bond acceptors (Lipinski definition) is 6. The molecule has 0 radical (unpaired) electrons. The van der Waals surface area contributed by atoms with Gasteiger partial charge in [0.15, 0.2) is 0 Å². The Balaban J connectivity index is 1.70. The monoisotopic (exact) mass is 369 g/mol. The summed E-state index contributed by atoms with van der Waals surface area (Å²) in [6, 6.07) is 10.4. The third-order valence-corrected chi connectivity index (χ3v) is 4.45. The van der Waals surface area contributed by atoms with Crippen LogP contribution in [0.5, 0.6) is 5.75 Å². The number of benzene rings is 1. The number of carbonyl (C=O) groups excluding carboxylic acids is 3. The second-order valence-corrected chi connectivity index (χ2v) is 6.30. The second kappa shape index (κ2) is 7.83. The number of methoxy groups -OCH3 is 1. The van der Waals surface area contributed by atoms with Gasteiger partial charge in [0.25, 0.3) is 11.1 Å². The van der Waals surface area contributed by atoms with Gasteiger partial charge in [0.2, 0.25) is 5.91 Å². The van der Waals surface area contributed by atoms with E-state index in [-0.39, 0.29) is 11.4 Å². The molecule has 0 unspecified atom stereocenters. The number of anilines is 1. The number of para-hydroxylation sites is 2. The predicted molar refractivity (Wildman–Crippen MR) is 98.5 cm³/mol. The fraction of sp³-hybridized carbons (Fsp3) is 0.111. The molecule has 1 aromatic heterocycles. The number of imide groups is 1. The standard InChI is InChI=1S/C18H15N3O4S/c1-25-14-7-3-2-6-13(14)20-16(22)11-21-17(23)15(26-18(21)24)9-12-5-4-8-19-10-12/h2-10H,11H2,1H3,(H,20,22)/b15-9+. The Morgan fingerprint density at radius 1 is 1.27 bits per heavy atom. The molecule has 7 nitrogen and oxygen atoms in total. The van der Waals surface area contributed by atoms with Crippen molar-refractivity contribution >= 4 is 40.6 Å². The molecule has 3 rings (SSSR count). The molecule has 0 aliphatic carbocycles. The molecule has 132 valence electrons. The molecule has 1 aliphatic heterocycles. The highest BCUT2D eigenvalue weighted by atomic mass is 32.2. The molecule has 1 aliphatic rings. The van der Waals surface area contributed by atoms with Gasteiger partial charge >= 0.3 is 0 Å². The summed E-state index contributed by atoms with van der Waals surface area (Å²) >= 11 is 0.799. The van der Waals surface area contributed by atoms with Crippen LogP contribution >= 0.6 is 11.8 Å². The molecule has 0 spiro atoms. The van der Waals surface area contributed by atoms with E-state index in [1.165, 1.54) is 7.11 Å². The Labute approximate surface area is 154 Å². The number of aromatic nitrogens is 1. The first-order chi connectivity index (χ1) is 12.6. The quantitative estimate of drug-likeness (QED) is 0.816. The number of thioether (sulfide) groups is 1. The van der Waals surface area contributed by atoms with Gasteiger partial charge in [0.1, 0.15) is 12.3 Å². The van der Waals surface area contributed by atoms with Crippen LogP contribution in [0.1, 0.15) is 5.56 Å². The number of carbonyl (C=O) groups is 3. The summed E-state index contributed by atoms with van der Waals surface area (Å²) in [5, 5.41) is 2.16. The minimum Gasteiger partial charge on any atom is -0.495 e. The van der Waals surface area contributed by atoms with Gasteiger partial charge < -0.3 is 10.1 Å². The Kier molecular flexibility index (Phi) is 5.33. The van der Waals surface area contributed by atoms with Crippen LogP contribution in [0, 0.1) is 0 Å². The molecule has 8 heteroatoms. The number of nitrogens with zero attached hydrogens (tertiary/aromatic N) is 2. The van der Waals surface area contributed by atoms with Crippen LogP contribution < -0.4 is 10.1 Å². The summed E-state index contributed by atoms with van der Waals surface area (Å²) in [7, 11) is 1.49. The summed E-state index contributed by atoms with van der Waals surface area (Å²) in [4.78, 5) is 41.9. The number of hydrogen-bond donors (Lipinski definition) is 1. The van der Waals surface area contributed by atoms with Gasteiger partial charge in [-0.15, -0.1) is 0 Å². The largest absolute Gasteiger partial charge is 0.495 e. The molecule has 1 saturated heterocycles. The zero-order valence-electron chi connectivity index (χ0n) is 13.8. The zero-order valence-corrected chi connectivity index (χ0v) is 14.7. The van der Waals surface area contributed by atoms with Crippen LogP contribution in [0.3, 0.4) is 0 Å². The average molecular weight is 369 g/mol. The van der Waals surface area contributed by atoms with Gasteiger partial charge in [-0.2, -0.15) is 0 Å². The van der Waals surface area contributed by atoms with E-state index in [0.717, 1.165) is 16.7 Å². The highest BCUT2D eigenvalue weighted by Crippen LogP contribution is 2.32. The van der Waals surface area contributed by atoms with Gasteiger partial charge in [0.05, 0.1) is 17.7 Å². The first kappa shape index (κ1) is 17.7. The molecule has 1 aromatic carbocycles. The maximum atomic E-state index is 12.4. The SMILES string of the molecule is COc1ccccc1NC(=O)CN1C(=O)S/C(=C/c2cccnc2)C1=O. The minimum absolute atomic E-state index is 0.257. The number of amides is 3. The van der Waals surface area contributed by atoms with Crippen LogP contribution in [-0.2, 0) is 9.59 Å². The molecule has 0 saturated carbocycles. The highest BCUT2D eigenvalue weighted by molar-refractivity contribution is 8.18. The molecule has 3 amide bonds. The van der Waals surface area contributed by atoms with Crippen molar-refractivity contribution in [2.75, 3.05) is 19.0 Å². The maximum absolute atomic E-state index is 12.4. The molecule has 26 heavy (non-hydrogen) atoms. The van der Waals surface area contributed by atoms with E-state index in [1.807, 2.05) is 0 Å². The first-order valence-corrected chi connectivity index (χ1v) is 8.48. The molecule has 2 aromatic rings. The van der Waals surface area contributed by atoms with Crippen LogP contribution in [0.25, 0.3) is 6.08 Å². The summed E-state index contributed by atoms with van der Waals surface area (Å²) in [6.07, 6.45) is 4.78. The van der Waals surface area contributed by atoms with E-state index in [9.17, 15) is 14.4 Å². The molecular weight excluding hydrogens is 354 g/mol. The lowest BCUT2D eigenvalue weighted by Crippen LogP contribution is -2.36. The van der Waals surface area contributed by atoms with Gasteiger partial charge in [-0.05, 0) is 41.6 Å². The lowest BCUT2D eigenvalue weighted by molar-refractivity contribution is -0.127. The lowest BCUT2D eigenvalue weighted by Gasteiger charge is -2.14. The Hall–Kier alpha value is -3.13. The van der Waals surface area contributed by atoms with E-state index in [4.69, 9.17) is 4.74 Å². The Bertz CT molecular complexity index is 883. The van der Waals surface area contributed by atoms with E-state index in [1.54, 1.807) is 54.9 Å². The third kappa shape index (κ3) is 3.92. The summed E-state index contributed by atoms with van der Waals surface area (Å²) in [5.41, 5.74) is 1.18. The molecule has 1 N–H and O–H groups in total. The maximum Gasteiger partial charge on any atom is 0.294 e. The van der Waals surface area contributed by atoms with Crippen molar-refractivity contribution in [2.24, 2.45) is 0 Å². The number of pyridine rings is 1. The average Bonchev–Trinajstić information content (AvgIpc) is 2.90. The number of rotatable bonds is 5. The molecule has 1 fully saturated rings. The normalized spacial score (nSPS) is 15.4. The van der Waals surface area contributed by atoms with Crippen molar-refractivity contribution in [3.63, 3.8) is 0 Å². The summed E-state index contributed by atoms with van der Waals surface area (Å²) < 4.78 is 5.16. The van der Waals surface area contributed by atoms with Gasteiger partial charge in [-0.1, -0.05) is 18.2 Å². The molecule has 0 bridgehead atoms. The van der Waals surface area contributed by atoms with Crippen molar-refractivity contribution in [2.45, 2.75) is 0 Å². The smallest absolute Gasteiger partial charge is 0.294 e. The number of nitrogens with one attached hydrogen (secondary N) is 1. The fourth-order valence-electron chi connectivity index (χ4n) is 2.33. The van der Waals surface area contributed by atoms with Gasteiger partial charge in [-0.25, -0.2) is 0 Å². The summed E-state index contributed by atoms with van der Waals surface area (Å²) in [6.45, 7) is -0.368. The lowest BCUT2D eigenvalue weighted by atomic mass is 10.2. The van der Waals surface area contributed by atoms with Crippen LogP contribution in [0.2, 0.25) is 0 Å². The minimum atomic E-state index is -0.501. The van der Waals surface area contributed by atoms with Crippen molar-refractivity contribution in [1.29, 1.82) is 0 Å². The highest BCUT2D eigenvalue weighted by Gasteiger charge is 2.36. The topological polar surface area (TPSA) is 88.6 Å². The zero-order chi connectivity index (χ0) is 18.5. The predicted octanol–water partition coefficient (Wildman–Crippen LogP) is 2.77. The van der Waals surface area contributed by atoms with Crippen molar-refractivity contribution in [3.05, 3.63) is 59.3 Å². The fourth-order valence-corrected chi connectivity index (χ4v) is 3.17. The van der Waals surface area contributed by atoms with Gasteiger partial charge in [-0.3, -0.25) is 24.3 Å². The van der Waals surface area contributed by atoms with Crippen molar-refractivity contribution < 1.29 is 19.1 Å². The molecule has 2 heterocycles. The number of ether oxygens (including phenoxy) is 1. The van der Waals surface area contributed by atoms with E-state index >= 15 is 0 Å². The van der Waals surface area contributed by atoms with Crippen LogP contribution in [0.15, 0.2) is 53.7 Å². The summed E-state index contributed by atoms with van der Waals surface area (Å²) in [5.74, 6) is -0.495. The van der Waals surface area contributed by atoms with E-state index in [2.05, 4.69) is 10.3 Å². The second-order valence-electron chi connectivity index (χ2n) is 5.30. The Morgan fingerprint density at radius 2 is 2.08 bits per heavy atom. The first-order valence-electron chi connectivity index (χ1n) is 7.67.